The number of methoxy groups -OCH3 is 1. The number of carbonyl (C=O) groups excluding carboxylic acids is 2. The highest BCUT2D eigenvalue weighted by atomic mass is 32.1. The molecule has 0 aliphatic carbocycles. The number of rotatable bonds is 12. The van der Waals surface area contributed by atoms with Crippen LogP contribution in [0.5, 0.6) is 0 Å². The standard InChI is InChI=1S/C28H41N5O4S/c1-4-11-29-26(34)23-15-21(17-33-12-5-6-22(33)18-36-3)7-8-24(23)30-27(35)25-19-38-28(31-25)32(2)16-20-9-13-37-14-10-20/h7-8,15,19-20,22H,4-6,9-14,16-18H2,1-3H3,(H,29,34)(H,30,35)/t22-/m1/s1. The zero-order valence-corrected chi connectivity index (χ0v) is 23.6. The molecule has 0 saturated carbocycles. The Hall–Kier alpha value is -2.53. The Labute approximate surface area is 229 Å². The lowest BCUT2D eigenvalue weighted by Gasteiger charge is -2.26. The molecule has 2 saturated heterocycles. The Morgan fingerprint density at radius 2 is 2.05 bits per heavy atom. The van der Waals surface area contributed by atoms with Crippen molar-refractivity contribution < 1.29 is 19.1 Å². The van der Waals surface area contributed by atoms with Crippen LogP contribution in [0.15, 0.2) is 23.6 Å². The number of ether oxygens (including phenoxy) is 2. The fraction of sp³-hybridized carbons (Fsp3) is 0.607. The molecule has 1 atom stereocenters. The molecule has 208 valence electrons. The number of anilines is 2. The lowest BCUT2D eigenvalue weighted by Crippen LogP contribution is -2.32. The van der Waals surface area contributed by atoms with E-state index in [2.05, 4.69) is 25.4 Å². The van der Waals surface area contributed by atoms with Gasteiger partial charge in [-0.3, -0.25) is 14.5 Å². The topological polar surface area (TPSA) is 96.0 Å². The molecule has 0 spiro atoms. The summed E-state index contributed by atoms with van der Waals surface area (Å²) in [6.45, 7) is 7.56. The molecule has 38 heavy (non-hydrogen) atoms. The number of aromatic nitrogens is 1. The van der Waals surface area contributed by atoms with Crippen LogP contribution in [0.3, 0.4) is 0 Å². The molecule has 1 aromatic heterocycles. The first-order valence-corrected chi connectivity index (χ1v) is 14.6. The molecule has 0 unspecified atom stereocenters. The first kappa shape index (κ1) is 28.5. The van der Waals surface area contributed by atoms with E-state index in [9.17, 15) is 9.59 Å². The predicted octanol–water partition coefficient (Wildman–Crippen LogP) is 4.01. The van der Waals surface area contributed by atoms with Crippen molar-refractivity contribution in [2.45, 2.75) is 51.6 Å². The zero-order valence-electron chi connectivity index (χ0n) is 22.8. The second-order valence-corrected chi connectivity index (χ2v) is 11.1. The van der Waals surface area contributed by atoms with Gasteiger partial charge in [-0.2, -0.15) is 0 Å². The molecule has 1 aromatic carbocycles. The number of benzene rings is 1. The van der Waals surface area contributed by atoms with Gasteiger partial charge in [-0.1, -0.05) is 13.0 Å². The average Bonchev–Trinajstić information content (AvgIpc) is 3.59. The molecule has 10 heteroatoms. The first-order chi connectivity index (χ1) is 18.5. The van der Waals surface area contributed by atoms with Gasteiger partial charge in [0.1, 0.15) is 5.69 Å². The minimum absolute atomic E-state index is 0.186. The lowest BCUT2D eigenvalue weighted by molar-refractivity contribution is 0.0685. The normalized spacial score (nSPS) is 18.4. The molecule has 3 heterocycles. The largest absolute Gasteiger partial charge is 0.383 e. The smallest absolute Gasteiger partial charge is 0.275 e. The summed E-state index contributed by atoms with van der Waals surface area (Å²) in [6.07, 6.45) is 5.19. The van der Waals surface area contributed by atoms with Gasteiger partial charge in [-0.25, -0.2) is 4.98 Å². The van der Waals surface area contributed by atoms with Crippen LogP contribution in [0.4, 0.5) is 10.8 Å². The van der Waals surface area contributed by atoms with Crippen molar-refractivity contribution in [3.05, 3.63) is 40.4 Å². The highest BCUT2D eigenvalue weighted by Gasteiger charge is 2.25. The molecule has 2 fully saturated rings. The summed E-state index contributed by atoms with van der Waals surface area (Å²) >= 11 is 1.46. The maximum absolute atomic E-state index is 13.2. The molecule has 0 radical (unpaired) electrons. The van der Waals surface area contributed by atoms with Gasteiger partial charge in [0.15, 0.2) is 5.13 Å². The highest BCUT2D eigenvalue weighted by molar-refractivity contribution is 7.13. The van der Waals surface area contributed by atoms with Gasteiger partial charge in [-0.05, 0) is 62.3 Å². The van der Waals surface area contributed by atoms with Crippen molar-refractivity contribution in [2.24, 2.45) is 5.92 Å². The van der Waals surface area contributed by atoms with Gasteiger partial charge in [-0.15, -0.1) is 11.3 Å². The summed E-state index contributed by atoms with van der Waals surface area (Å²) in [7, 11) is 3.75. The summed E-state index contributed by atoms with van der Waals surface area (Å²) in [5, 5.41) is 8.49. The number of hydrogen-bond acceptors (Lipinski definition) is 8. The first-order valence-electron chi connectivity index (χ1n) is 13.7. The number of thiazole rings is 1. The van der Waals surface area contributed by atoms with Gasteiger partial charge in [0.2, 0.25) is 0 Å². The summed E-state index contributed by atoms with van der Waals surface area (Å²) < 4.78 is 10.9. The van der Waals surface area contributed by atoms with Crippen LogP contribution in [0, 0.1) is 5.92 Å². The Bertz CT molecular complexity index is 1070. The Morgan fingerprint density at radius 3 is 2.82 bits per heavy atom. The van der Waals surface area contributed by atoms with Gasteiger partial charge < -0.3 is 25.0 Å². The van der Waals surface area contributed by atoms with E-state index in [0.29, 0.717) is 42.1 Å². The molecule has 9 nitrogen and oxygen atoms in total. The Morgan fingerprint density at radius 1 is 1.24 bits per heavy atom. The van der Waals surface area contributed by atoms with Crippen LogP contribution < -0.4 is 15.5 Å². The third kappa shape index (κ3) is 7.53. The molecule has 2 aliphatic heterocycles. The van der Waals surface area contributed by atoms with Crippen molar-refractivity contribution in [3.8, 4) is 0 Å². The van der Waals surface area contributed by atoms with Gasteiger partial charge in [0, 0.05) is 58.4 Å². The number of nitrogens with one attached hydrogen (secondary N) is 2. The molecule has 2 aliphatic rings. The molecule has 2 amide bonds. The molecule has 2 aromatic rings. The maximum atomic E-state index is 13.2. The summed E-state index contributed by atoms with van der Waals surface area (Å²) in [6, 6.07) is 6.11. The van der Waals surface area contributed by atoms with E-state index in [0.717, 1.165) is 75.6 Å². The third-order valence-corrected chi connectivity index (χ3v) is 8.24. The van der Waals surface area contributed by atoms with Crippen LogP contribution in [-0.2, 0) is 16.0 Å². The number of hydrogen-bond donors (Lipinski definition) is 2. The van der Waals surface area contributed by atoms with Crippen LogP contribution >= 0.6 is 11.3 Å². The van der Waals surface area contributed by atoms with Crippen molar-refractivity contribution in [1.29, 1.82) is 0 Å². The van der Waals surface area contributed by atoms with E-state index in [1.54, 1.807) is 12.5 Å². The minimum Gasteiger partial charge on any atom is -0.383 e. The van der Waals surface area contributed by atoms with Crippen LogP contribution in [0.1, 0.15) is 65.4 Å². The Balaban J connectivity index is 1.45. The minimum atomic E-state index is -0.316. The lowest BCUT2D eigenvalue weighted by atomic mass is 10.0. The maximum Gasteiger partial charge on any atom is 0.275 e. The predicted molar refractivity (Wildman–Crippen MR) is 151 cm³/mol. The van der Waals surface area contributed by atoms with Crippen molar-refractivity contribution in [2.75, 3.05) is 63.8 Å². The molecular formula is C28H41N5O4S. The molecule has 0 bridgehead atoms. The van der Waals surface area contributed by atoms with Crippen molar-refractivity contribution in [1.82, 2.24) is 15.2 Å². The van der Waals surface area contributed by atoms with Gasteiger partial charge >= 0.3 is 0 Å². The summed E-state index contributed by atoms with van der Waals surface area (Å²) in [5.41, 5.74) is 2.36. The third-order valence-electron chi connectivity index (χ3n) is 7.28. The molecule has 2 N–H and O–H groups in total. The summed E-state index contributed by atoms with van der Waals surface area (Å²) in [5.74, 6) is 0.0703. The summed E-state index contributed by atoms with van der Waals surface area (Å²) in [4.78, 5) is 35.3. The monoisotopic (exact) mass is 543 g/mol. The van der Waals surface area contributed by atoms with Crippen molar-refractivity contribution in [3.63, 3.8) is 0 Å². The number of nitrogens with zero attached hydrogens (tertiary/aromatic N) is 3. The van der Waals surface area contributed by atoms with E-state index in [-0.39, 0.29) is 11.8 Å². The SMILES string of the molecule is CCCNC(=O)c1cc(CN2CCC[C@@H]2COC)ccc1NC(=O)c1csc(N(C)CC2CCOCC2)n1. The van der Waals surface area contributed by atoms with E-state index >= 15 is 0 Å². The van der Waals surface area contributed by atoms with Gasteiger partial charge in [0.25, 0.3) is 11.8 Å². The average molecular weight is 544 g/mol. The van der Waals surface area contributed by atoms with E-state index in [1.807, 2.05) is 32.2 Å². The number of amides is 2. The second-order valence-electron chi connectivity index (χ2n) is 10.3. The van der Waals surface area contributed by atoms with Gasteiger partial charge in [0.05, 0.1) is 17.9 Å². The van der Waals surface area contributed by atoms with Crippen molar-refractivity contribution >= 4 is 34.0 Å². The zero-order chi connectivity index (χ0) is 26.9. The van der Waals surface area contributed by atoms with Crippen LogP contribution in [-0.4, -0.2) is 81.4 Å². The number of likely N-dealkylation sites (tertiary alicyclic amines) is 1. The molecule has 4 rings (SSSR count). The fourth-order valence-corrected chi connectivity index (χ4v) is 5.95. The highest BCUT2D eigenvalue weighted by Crippen LogP contribution is 2.26. The van der Waals surface area contributed by atoms with E-state index < -0.39 is 0 Å². The molecular weight excluding hydrogens is 502 g/mol. The van der Waals surface area contributed by atoms with Crippen LogP contribution in [0.2, 0.25) is 0 Å². The van der Waals surface area contributed by atoms with Crippen LogP contribution in [0.25, 0.3) is 0 Å². The van der Waals surface area contributed by atoms with E-state index in [1.165, 1.54) is 11.3 Å². The Kier molecular flexibility index (Phi) is 10.5. The second kappa shape index (κ2) is 14.0. The number of carbonyl (C=O) groups is 2. The fourth-order valence-electron chi connectivity index (χ4n) is 5.16. The quantitative estimate of drug-likeness (QED) is 0.418. The van der Waals surface area contributed by atoms with E-state index in [4.69, 9.17) is 9.47 Å².